The van der Waals surface area contributed by atoms with Crippen LogP contribution in [-0.4, -0.2) is 34.0 Å². The molecular weight excluding hydrogens is 328 g/mol. The van der Waals surface area contributed by atoms with E-state index >= 15 is 0 Å². The third kappa shape index (κ3) is 2.08. The van der Waals surface area contributed by atoms with Crippen LogP contribution < -0.4 is 9.80 Å². The summed E-state index contributed by atoms with van der Waals surface area (Å²) in [4.78, 5) is 33.6. The van der Waals surface area contributed by atoms with Crippen LogP contribution in [0, 0.1) is 6.92 Å². The summed E-state index contributed by atoms with van der Waals surface area (Å²) in [5, 5.41) is 0. The molecule has 6 heteroatoms. The van der Waals surface area contributed by atoms with Gasteiger partial charge in [-0.05, 0) is 31.2 Å². The molecule has 5 rings (SSSR count). The van der Waals surface area contributed by atoms with Gasteiger partial charge in [-0.15, -0.1) is 0 Å². The SMILES string of the molecule is Cc1ccc(N2C(=O)CC(N3CCn4c3nc3ccccc34)C2=O)cc1. The Hall–Kier alpha value is -3.15. The second-order valence-corrected chi connectivity index (χ2v) is 6.87. The van der Waals surface area contributed by atoms with E-state index in [1.54, 1.807) is 0 Å². The molecule has 26 heavy (non-hydrogen) atoms. The van der Waals surface area contributed by atoms with Crippen molar-refractivity contribution in [3.8, 4) is 0 Å². The molecule has 1 aromatic heterocycles. The first-order valence-electron chi connectivity index (χ1n) is 8.79. The number of para-hydroxylation sites is 2. The van der Waals surface area contributed by atoms with Gasteiger partial charge < -0.3 is 9.47 Å². The molecule has 130 valence electrons. The molecule has 2 aliphatic heterocycles. The van der Waals surface area contributed by atoms with Gasteiger partial charge in [0.15, 0.2) is 0 Å². The Morgan fingerprint density at radius 2 is 1.77 bits per heavy atom. The van der Waals surface area contributed by atoms with Crippen molar-refractivity contribution in [3.05, 3.63) is 54.1 Å². The van der Waals surface area contributed by atoms with E-state index in [1.165, 1.54) is 4.90 Å². The monoisotopic (exact) mass is 346 g/mol. The van der Waals surface area contributed by atoms with Crippen molar-refractivity contribution in [1.82, 2.24) is 9.55 Å². The number of carbonyl (C=O) groups is 2. The molecule has 0 saturated carbocycles. The van der Waals surface area contributed by atoms with Crippen molar-refractivity contribution >= 4 is 34.5 Å². The van der Waals surface area contributed by atoms with Crippen molar-refractivity contribution in [2.75, 3.05) is 16.3 Å². The Kier molecular flexibility index (Phi) is 3.16. The van der Waals surface area contributed by atoms with Gasteiger partial charge >= 0.3 is 0 Å². The maximum Gasteiger partial charge on any atom is 0.257 e. The molecule has 0 bridgehead atoms. The molecule has 6 nitrogen and oxygen atoms in total. The number of aromatic nitrogens is 2. The number of carbonyl (C=O) groups excluding carboxylic acids is 2. The van der Waals surface area contributed by atoms with Crippen LogP contribution in [-0.2, 0) is 16.1 Å². The molecule has 3 heterocycles. The maximum atomic E-state index is 13.0. The summed E-state index contributed by atoms with van der Waals surface area (Å²) in [7, 11) is 0. The van der Waals surface area contributed by atoms with Gasteiger partial charge in [-0.3, -0.25) is 9.59 Å². The van der Waals surface area contributed by atoms with Crippen LogP contribution in [0.1, 0.15) is 12.0 Å². The molecule has 1 unspecified atom stereocenters. The molecule has 3 aromatic rings. The maximum absolute atomic E-state index is 13.0. The number of imidazole rings is 1. The van der Waals surface area contributed by atoms with Crippen molar-refractivity contribution in [3.63, 3.8) is 0 Å². The number of imide groups is 1. The predicted molar refractivity (Wildman–Crippen MR) is 99.2 cm³/mol. The van der Waals surface area contributed by atoms with Crippen LogP contribution in [0.25, 0.3) is 11.0 Å². The van der Waals surface area contributed by atoms with Crippen molar-refractivity contribution in [2.24, 2.45) is 0 Å². The molecule has 2 aliphatic rings. The lowest BCUT2D eigenvalue weighted by atomic mass is 10.2. The first-order chi connectivity index (χ1) is 12.6. The summed E-state index contributed by atoms with van der Waals surface area (Å²) < 4.78 is 2.13. The molecule has 0 spiro atoms. The minimum atomic E-state index is -0.484. The fourth-order valence-electron chi connectivity index (χ4n) is 3.93. The second kappa shape index (κ2) is 5.42. The van der Waals surface area contributed by atoms with Crippen LogP contribution in [0.4, 0.5) is 11.6 Å². The van der Waals surface area contributed by atoms with E-state index in [0.717, 1.165) is 29.1 Å². The summed E-state index contributed by atoms with van der Waals surface area (Å²) in [5.74, 6) is 0.459. The Morgan fingerprint density at radius 3 is 2.58 bits per heavy atom. The molecule has 1 saturated heterocycles. The van der Waals surface area contributed by atoms with E-state index in [2.05, 4.69) is 4.57 Å². The molecule has 0 radical (unpaired) electrons. The van der Waals surface area contributed by atoms with E-state index in [0.29, 0.717) is 12.2 Å². The Bertz CT molecular complexity index is 1040. The van der Waals surface area contributed by atoms with E-state index in [1.807, 2.05) is 60.4 Å². The van der Waals surface area contributed by atoms with Crippen LogP contribution in [0.3, 0.4) is 0 Å². The highest BCUT2D eigenvalue weighted by atomic mass is 16.2. The molecule has 0 N–H and O–H groups in total. The number of amides is 2. The standard InChI is InChI=1S/C20H18N4O2/c1-13-6-8-14(9-7-13)24-18(25)12-17(19(24)26)23-11-10-22-16-5-3-2-4-15(16)21-20(22)23/h2-9,17H,10-12H2,1H3. The molecule has 2 aromatic carbocycles. The zero-order valence-corrected chi connectivity index (χ0v) is 14.4. The van der Waals surface area contributed by atoms with E-state index < -0.39 is 6.04 Å². The molecule has 0 aliphatic carbocycles. The lowest BCUT2D eigenvalue weighted by Crippen LogP contribution is -2.41. The predicted octanol–water partition coefficient (Wildman–Crippen LogP) is 2.50. The fraction of sp³-hybridized carbons (Fsp3) is 0.250. The largest absolute Gasteiger partial charge is 0.328 e. The minimum absolute atomic E-state index is 0.154. The summed E-state index contributed by atoms with van der Waals surface area (Å²) in [6.45, 7) is 3.45. The normalized spacial score (nSPS) is 19.7. The minimum Gasteiger partial charge on any atom is -0.328 e. The number of aryl methyl sites for hydroxylation is 1. The van der Waals surface area contributed by atoms with Gasteiger partial charge in [-0.25, -0.2) is 9.88 Å². The summed E-state index contributed by atoms with van der Waals surface area (Å²) >= 11 is 0. The average Bonchev–Trinajstić information content (AvgIpc) is 3.28. The summed E-state index contributed by atoms with van der Waals surface area (Å²) in [6.07, 6.45) is 0.190. The first-order valence-corrected chi connectivity index (χ1v) is 8.79. The number of hydrogen-bond donors (Lipinski definition) is 0. The van der Waals surface area contributed by atoms with Crippen LogP contribution >= 0.6 is 0 Å². The summed E-state index contributed by atoms with van der Waals surface area (Å²) in [5.41, 5.74) is 3.72. The van der Waals surface area contributed by atoms with Gasteiger partial charge in [0, 0.05) is 13.1 Å². The van der Waals surface area contributed by atoms with E-state index in [4.69, 9.17) is 4.98 Å². The molecule has 2 amide bonds. The van der Waals surface area contributed by atoms with Gasteiger partial charge in [0.1, 0.15) is 6.04 Å². The van der Waals surface area contributed by atoms with Crippen LogP contribution in [0.5, 0.6) is 0 Å². The highest BCUT2D eigenvalue weighted by molar-refractivity contribution is 6.23. The lowest BCUT2D eigenvalue weighted by Gasteiger charge is -2.22. The number of nitrogens with zero attached hydrogens (tertiary/aromatic N) is 4. The molecular formula is C20H18N4O2. The van der Waals surface area contributed by atoms with Crippen LogP contribution in [0.2, 0.25) is 0 Å². The smallest absolute Gasteiger partial charge is 0.257 e. The molecule has 1 atom stereocenters. The highest BCUT2D eigenvalue weighted by Crippen LogP contribution is 2.33. The lowest BCUT2D eigenvalue weighted by molar-refractivity contribution is -0.121. The van der Waals surface area contributed by atoms with Crippen molar-refractivity contribution < 1.29 is 9.59 Å². The zero-order valence-electron chi connectivity index (χ0n) is 14.4. The fourth-order valence-corrected chi connectivity index (χ4v) is 3.93. The summed E-state index contributed by atoms with van der Waals surface area (Å²) in [6, 6.07) is 15.0. The number of hydrogen-bond acceptors (Lipinski definition) is 4. The second-order valence-electron chi connectivity index (χ2n) is 6.87. The number of fused-ring (bicyclic) bond motifs is 3. The van der Waals surface area contributed by atoms with Gasteiger partial charge in [0.25, 0.3) is 5.91 Å². The first kappa shape index (κ1) is 15.1. The average molecular weight is 346 g/mol. The number of benzene rings is 2. The van der Waals surface area contributed by atoms with Gasteiger partial charge in [-0.2, -0.15) is 0 Å². The van der Waals surface area contributed by atoms with Gasteiger partial charge in [0.2, 0.25) is 11.9 Å². The third-order valence-corrected chi connectivity index (χ3v) is 5.25. The quantitative estimate of drug-likeness (QED) is 0.669. The number of anilines is 2. The topological polar surface area (TPSA) is 58.4 Å². The van der Waals surface area contributed by atoms with Crippen LogP contribution in [0.15, 0.2) is 48.5 Å². The highest BCUT2D eigenvalue weighted by Gasteiger charge is 2.45. The Morgan fingerprint density at radius 1 is 1.00 bits per heavy atom. The Balaban J connectivity index is 1.50. The zero-order chi connectivity index (χ0) is 17.8. The Labute approximate surface area is 150 Å². The van der Waals surface area contributed by atoms with Gasteiger partial charge in [0.05, 0.1) is 23.1 Å². The van der Waals surface area contributed by atoms with Crippen molar-refractivity contribution in [1.29, 1.82) is 0 Å². The van der Waals surface area contributed by atoms with E-state index in [-0.39, 0.29) is 18.2 Å². The van der Waals surface area contributed by atoms with Crippen molar-refractivity contribution in [2.45, 2.75) is 25.9 Å². The number of rotatable bonds is 2. The van der Waals surface area contributed by atoms with Gasteiger partial charge in [-0.1, -0.05) is 29.8 Å². The molecule has 1 fully saturated rings. The van der Waals surface area contributed by atoms with E-state index in [9.17, 15) is 9.59 Å². The third-order valence-electron chi connectivity index (χ3n) is 5.25.